The van der Waals surface area contributed by atoms with Gasteiger partial charge in [-0.3, -0.25) is 4.98 Å². The normalized spacial score (nSPS) is 12.9. The fraction of sp³-hybridized carbons (Fsp3) is 0.183. The fourth-order valence-corrected chi connectivity index (χ4v) is 12.7. The molecule has 0 aliphatic rings. The van der Waals surface area contributed by atoms with Crippen LogP contribution in [0.2, 0.25) is 17.3 Å². The number of rotatable bonds is 7. The fourth-order valence-electron chi connectivity index (χ4n) is 9.54. The van der Waals surface area contributed by atoms with Crippen LogP contribution < -0.4 is 4.40 Å². The van der Waals surface area contributed by atoms with E-state index in [9.17, 15) is 4.39 Å². The Morgan fingerprint density at radius 1 is 0.691 bits per heavy atom. The zero-order valence-electron chi connectivity index (χ0n) is 40.8. The summed E-state index contributed by atoms with van der Waals surface area (Å²) in [4.78, 5) is 15.0. The van der Waals surface area contributed by atoms with Crippen LogP contribution in [0.1, 0.15) is 50.3 Å². The van der Waals surface area contributed by atoms with Gasteiger partial charge in [0.2, 0.25) is 5.71 Å². The van der Waals surface area contributed by atoms with Crippen molar-refractivity contribution in [1.29, 1.82) is 0 Å². The molecule has 0 bridgehead atoms. The van der Waals surface area contributed by atoms with Gasteiger partial charge in [0.1, 0.15) is 5.82 Å². The van der Waals surface area contributed by atoms with Crippen molar-refractivity contribution in [3.63, 3.8) is 0 Å². The molecule has 7 aromatic carbocycles. The Labute approximate surface area is 415 Å². The maximum absolute atomic E-state index is 14.7. The minimum Gasteiger partial charge on any atom is 0 e. The first kappa shape index (κ1) is 45.5. The van der Waals surface area contributed by atoms with E-state index in [0.29, 0.717) is 17.1 Å². The van der Waals surface area contributed by atoms with Crippen LogP contribution in [0.15, 0.2) is 150 Å². The summed E-state index contributed by atoms with van der Waals surface area (Å²) in [7, 11) is 0. The van der Waals surface area contributed by atoms with Crippen molar-refractivity contribution >= 4 is 72.3 Å². The summed E-state index contributed by atoms with van der Waals surface area (Å²) < 4.78 is 33.8. The Kier molecular flexibility index (Phi) is 12.5. The number of hydrogen-bond acceptors (Lipinski definition) is 4. The van der Waals surface area contributed by atoms with Gasteiger partial charge in [-0.25, -0.2) is 9.37 Å². The third-order valence-electron chi connectivity index (χ3n) is 13.1. The molecular formula is C60H53FGeIrN4O-2. The monoisotopic (exact) mass is 1130 g/mol. The van der Waals surface area contributed by atoms with Crippen LogP contribution in [-0.4, -0.2) is 32.8 Å². The van der Waals surface area contributed by atoms with Crippen LogP contribution in [0.5, 0.6) is 0 Å². The maximum atomic E-state index is 14.7. The first-order chi connectivity index (χ1) is 32.6. The number of furan rings is 1. The standard InChI is InChI=1S/C41H27FN3O.C19H26GeN.Ir/c1-23-17-18-33(39-35(23)32-19-20-34(43-41(32)46-39)26-11-5-4-6-12-26)40-44-36-30-15-9-7-13-28(30)29-14-8-10-16-31(29)38(36)45(40)37-24(2)21-27(42)22-25(37)3;1-14(2)15(3)17-12-19(16-10-8-7-9-11-16)21-13-18(17)20(4,5)6;/h4-17,19-22H,1-3H3;7-10,12-15H,1-6H3;/q2*-1;/i;15D;. The number of imidazole rings is 1. The van der Waals surface area contributed by atoms with E-state index in [2.05, 4.69) is 120 Å². The molecule has 1 atom stereocenters. The number of aryl methyl sites for hydroxylation is 3. The molecule has 0 N–H and O–H groups in total. The van der Waals surface area contributed by atoms with Gasteiger partial charge in [-0.15, -0.1) is 17.7 Å². The smallest absolute Gasteiger partial charge is 0 e. The molecule has 1 radical (unpaired) electrons. The number of hydrogen-bond donors (Lipinski definition) is 0. The van der Waals surface area contributed by atoms with Crippen molar-refractivity contribution in [3.8, 4) is 39.6 Å². The van der Waals surface area contributed by atoms with Gasteiger partial charge >= 0.3 is 133 Å². The van der Waals surface area contributed by atoms with Gasteiger partial charge in [-0.05, 0) is 60.0 Å². The minimum atomic E-state index is -2.08. The van der Waals surface area contributed by atoms with Crippen LogP contribution in [-0.2, 0) is 20.1 Å². The molecule has 11 aromatic rings. The van der Waals surface area contributed by atoms with Crippen molar-refractivity contribution in [3.05, 3.63) is 186 Å². The molecule has 8 heteroatoms. The van der Waals surface area contributed by atoms with Gasteiger partial charge in [0.15, 0.2) is 0 Å². The number of nitrogens with zero attached hydrogens (tertiary/aromatic N) is 4. The number of benzene rings is 7. The minimum absolute atomic E-state index is 0. The average Bonchev–Trinajstić information content (AvgIpc) is 3.92. The van der Waals surface area contributed by atoms with Crippen LogP contribution in [0.3, 0.4) is 0 Å². The topological polar surface area (TPSA) is 56.7 Å². The summed E-state index contributed by atoms with van der Waals surface area (Å²) in [6.45, 7) is 12.3. The Balaban J connectivity index is 0.000000218. The molecule has 0 amide bonds. The predicted molar refractivity (Wildman–Crippen MR) is 280 cm³/mol. The van der Waals surface area contributed by atoms with Gasteiger partial charge in [0, 0.05) is 47.5 Å². The third-order valence-corrected chi connectivity index (χ3v) is 17.3. The Bertz CT molecular complexity index is 3700. The second kappa shape index (κ2) is 18.7. The first-order valence-corrected chi connectivity index (χ1v) is 30.3. The summed E-state index contributed by atoms with van der Waals surface area (Å²) in [5.41, 5.74) is 12.3. The second-order valence-corrected chi connectivity index (χ2v) is 29.6. The third kappa shape index (κ3) is 8.39. The number of pyridine rings is 2. The van der Waals surface area contributed by atoms with Gasteiger partial charge in [-0.2, -0.15) is 0 Å². The molecule has 0 spiro atoms. The summed E-state index contributed by atoms with van der Waals surface area (Å²) in [5, 5.41) is 6.31. The van der Waals surface area contributed by atoms with Crippen molar-refractivity contribution < 1.29 is 30.3 Å². The quantitative estimate of drug-likeness (QED) is 0.0906. The van der Waals surface area contributed by atoms with Crippen LogP contribution in [0.4, 0.5) is 4.39 Å². The van der Waals surface area contributed by atoms with E-state index in [1.165, 1.54) is 4.40 Å². The summed E-state index contributed by atoms with van der Waals surface area (Å²) in [6.07, 6.45) is 2.03. The average molecular weight is 1130 g/mol. The van der Waals surface area contributed by atoms with E-state index in [0.717, 1.165) is 99.4 Å². The molecule has 341 valence electrons. The van der Waals surface area contributed by atoms with Crippen LogP contribution in [0, 0.1) is 44.6 Å². The number of halogens is 1. The van der Waals surface area contributed by atoms with Crippen molar-refractivity contribution in [2.45, 2.75) is 64.7 Å². The van der Waals surface area contributed by atoms with Crippen molar-refractivity contribution in [1.82, 2.24) is 19.5 Å². The van der Waals surface area contributed by atoms with Gasteiger partial charge in [-0.1, -0.05) is 96.7 Å². The van der Waals surface area contributed by atoms with E-state index >= 15 is 0 Å². The maximum Gasteiger partial charge on any atom is 0 e. The van der Waals surface area contributed by atoms with Gasteiger partial charge in [0.25, 0.3) is 0 Å². The molecule has 11 rings (SSSR count). The van der Waals surface area contributed by atoms with E-state index in [1.807, 2.05) is 93.7 Å². The summed E-state index contributed by atoms with van der Waals surface area (Å²) in [5.74, 6) is 7.18. The Morgan fingerprint density at radius 3 is 2.00 bits per heavy atom. The van der Waals surface area contributed by atoms with Crippen molar-refractivity contribution in [2.24, 2.45) is 5.92 Å². The molecule has 0 saturated carbocycles. The van der Waals surface area contributed by atoms with Crippen molar-refractivity contribution in [2.75, 3.05) is 0 Å². The SMILES string of the molecule is Cc1cc(F)cc(C)c1-n1c(-c2[c-]cc(C)c3c2oc2nc(-c4ccccc4)ccc23)nc2c3ccccc3c3ccccc3c21.[2H]C(C)(c1cc(-c2[c-]cccc2)nc[c]1[Ge]([CH3])([CH3])[CH3])C(C)C.[Ir]. The molecule has 0 fully saturated rings. The van der Waals surface area contributed by atoms with E-state index in [4.69, 9.17) is 15.8 Å². The molecule has 0 aliphatic heterocycles. The molecule has 0 saturated heterocycles. The van der Waals surface area contributed by atoms with E-state index < -0.39 is 19.2 Å². The molecule has 4 aromatic heterocycles. The first-order valence-electron chi connectivity index (χ1n) is 23.5. The molecule has 5 nitrogen and oxygen atoms in total. The Hall–Kier alpha value is -6.25. The predicted octanol–water partition coefficient (Wildman–Crippen LogP) is 15.7. The van der Waals surface area contributed by atoms with Crippen LogP contribution in [0.25, 0.3) is 94.2 Å². The second-order valence-electron chi connectivity index (χ2n) is 19.0. The van der Waals surface area contributed by atoms with E-state index in [1.54, 1.807) is 12.1 Å². The van der Waals surface area contributed by atoms with Gasteiger partial charge in [0.05, 0.1) is 28.1 Å². The molecule has 68 heavy (non-hydrogen) atoms. The number of aromatic nitrogens is 4. The Morgan fingerprint density at radius 2 is 1.34 bits per heavy atom. The number of fused-ring (bicyclic) bond motifs is 9. The van der Waals surface area contributed by atoms with E-state index in [-0.39, 0.29) is 31.8 Å². The molecule has 1 unspecified atom stereocenters. The summed E-state index contributed by atoms with van der Waals surface area (Å²) >= 11 is -2.08. The summed E-state index contributed by atoms with van der Waals surface area (Å²) in [6, 6.07) is 53.1. The molecule has 0 aliphatic carbocycles. The zero-order chi connectivity index (χ0) is 47.6. The van der Waals surface area contributed by atoms with Crippen LogP contribution >= 0.6 is 0 Å². The molecular weight excluding hydrogens is 1080 g/mol. The van der Waals surface area contributed by atoms with Gasteiger partial charge < -0.3 is 8.98 Å². The zero-order valence-corrected chi connectivity index (χ0v) is 44.3. The largest absolute Gasteiger partial charge is 0 e. The molecule has 4 heterocycles.